The molecule has 1 aromatic carbocycles. The first-order valence-electron chi connectivity index (χ1n) is 7.31. The van der Waals surface area contributed by atoms with E-state index >= 15 is 0 Å². The van der Waals surface area contributed by atoms with Crippen molar-refractivity contribution in [1.29, 1.82) is 10.5 Å². The largest absolute Gasteiger partial charge is 0.397 e. The van der Waals surface area contributed by atoms with Crippen LogP contribution in [0.25, 0.3) is 0 Å². The van der Waals surface area contributed by atoms with E-state index in [0.29, 0.717) is 20.3 Å². The lowest BCUT2D eigenvalue weighted by Crippen LogP contribution is -2.32. The lowest BCUT2D eigenvalue weighted by atomic mass is 9.94. The molecule has 0 bridgehead atoms. The minimum atomic E-state index is -0.758. The van der Waals surface area contributed by atoms with Crippen molar-refractivity contribution in [3.8, 4) is 12.3 Å². The van der Waals surface area contributed by atoms with E-state index < -0.39 is 6.04 Å². The molecule has 10 heteroatoms. The minimum Gasteiger partial charge on any atom is -0.397 e. The van der Waals surface area contributed by atoms with Crippen molar-refractivity contribution in [2.24, 2.45) is 4.99 Å². The molecule has 0 amide bonds. The Bertz CT molecular complexity index is 1010. The highest BCUT2D eigenvalue weighted by molar-refractivity contribution is 14.1. The minimum absolute atomic E-state index is 0.0322. The molecule has 1 atom stereocenters. The molecule has 3 rings (SSSR count). The van der Waals surface area contributed by atoms with Crippen LogP contribution in [0.15, 0.2) is 17.1 Å². The summed E-state index contributed by atoms with van der Waals surface area (Å²) in [7, 11) is 0. The number of aromatic nitrogens is 1. The molecule has 1 aliphatic rings. The van der Waals surface area contributed by atoms with Gasteiger partial charge in [-0.05, 0) is 52.8 Å². The molecule has 0 fully saturated rings. The molecule has 8 nitrogen and oxygen atoms in total. The number of halogens is 2. The van der Waals surface area contributed by atoms with Gasteiger partial charge in [0, 0.05) is 9.13 Å². The summed E-state index contributed by atoms with van der Waals surface area (Å²) in [5, 5.41) is 23.4. The normalized spacial score (nSPS) is 15.1. The van der Waals surface area contributed by atoms with Crippen molar-refractivity contribution in [3.05, 3.63) is 43.8 Å². The van der Waals surface area contributed by atoms with E-state index in [4.69, 9.17) is 16.7 Å². The van der Waals surface area contributed by atoms with Gasteiger partial charge >= 0.3 is 0 Å². The quantitative estimate of drug-likeness (QED) is 0.288. The molecular weight excluding hydrogens is 450 g/mol. The van der Waals surface area contributed by atoms with Crippen LogP contribution in [0.3, 0.4) is 0 Å². The SMILES string of the molecule is Cc1c(F)cc(C2N=C(NC#N)Nc3nc(N)c(C#N)c(N)c32)cc1I. The number of hydrogen-bond acceptors (Lipinski definition) is 8. The average molecular weight is 462 g/mol. The van der Waals surface area contributed by atoms with Gasteiger partial charge < -0.3 is 16.8 Å². The van der Waals surface area contributed by atoms with E-state index in [2.05, 4.69) is 20.6 Å². The molecule has 1 aromatic heterocycles. The Morgan fingerprint density at radius 1 is 1.35 bits per heavy atom. The molecule has 2 heterocycles. The first-order chi connectivity index (χ1) is 12.4. The van der Waals surface area contributed by atoms with Crippen molar-refractivity contribution >= 4 is 45.9 Å². The van der Waals surface area contributed by atoms with Crippen molar-refractivity contribution in [2.45, 2.75) is 13.0 Å². The van der Waals surface area contributed by atoms with Crippen molar-refractivity contribution in [1.82, 2.24) is 10.3 Å². The topological polar surface area (TPSA) is 149 Å². The number of nitrogens with zero attached hydrogens (tertiary/aromatic N) is 4. The van der Waals surface area contributed by atoms with Gasteiger partial charge in [-0.3, -0.25) is 5.32 Å². The number of anilines is 3. The first-order valence-corrected chi connectivity index (χ1v) is 8.39. The molecule has 130 valence electrons. The third kappa shape index (κ3) is 2.84. The van der Waals surface area contributed by atoms with E-state index in [1.54, 1.807) is 19.2 Å². The van der Waals surface area contributed by atoms with Crippen LogP contribution in [0, 0.1) is 39.1 Å². The van der Waals surface area contributed by atoms with Gasteiger partial charge in [0.1, 0.15) is 35.1 Å². The predicted molar refractivity (Wildman–Crippen MR) is 103 cm³/mol. The number of aliphatic imine (C=N–C) groups is 1. The Kier molecular flexibility index (Phi) is 4.52. The first kappa shape index (κ1) is 17.7. The zero-order chi connectivity index (χ0) is 19.0. The predicted octanol–water partition coefficient (Wildman–Crippen LogP) is 2.11. The lowest BCUT2D eigenvalue weighted by molar-refractivity contribution is 0.612. The van der Waals surface area contributed by atoms with Gasteiger partial charge in [-0.2, -0.15) is 10.5 Å². The fourth-order valence-corrected chi connectivity index (χ4v) is 3.26. The second kappa shape index (κ2) is 6.65. The number of nitrogens with two attached hydrogens (primary N) is 2. The Labute approximate surface area is 161 Å². The van der Waals surface area contributed by atoms with E-state index in [1.807, 2.05) is 28.7 Å². The molecular formula is C16H12FIN8. The highest BCUT2D eigenvalue weighted by Gasteiger charge is 2.30. The van der Waals surface area contributed by atoms with Crippen LogP contribution in [0.5, 0.6) is 0 Å². The molecule has 0 radical (unpaired) electrons. The molecule has 0 aliphatic carbocycles. The van der Waals surface area contributed by atoms with E-state index in [0.717, 1.165) is 0 Å². The molecule has 2 aromatic rings. The third-order valence-electron chi connectivity index (χ3n) is 3.98. The lowest BCUT2D eigenvalue weighted by Gasteiger charge is -2.26. The highest BCUT2D eigenvalue weighted by Crippen LogP contribution is 2.41. The zero-order valence-corrected chi connectivity index (χ0v) is 15.6. The summed E-state index contributed by atoms with van der Waals surface area (Å²) in [6.45, 7) is 1.67. The van der Waals surface area contributed by atoms with E-state index in [-0.39, 0.29) is 34.7 Å². The number of guanidine groups is 1. The summed E-state index contributed by atoms with van der Waals surface area (Å²) in [4.78, 5) is 8.55. The average Bonchev–Trinajstić information content (AvgIpc) is 2.59. The second-order valence-electron chi connectivity index (χ2n) is 5.51. The summed E-state index contributed by atoms with van der Waals surface area (Å²) in [5.74, 6) is -0.0536. The van der Waals surface area contributed by atoms with E-state index in [9.17, 15) is 9.65 Å². The number of nitrogens with one attached hydrogen (secondary N) is 2. The maximum atomic E-state index is 14.3. The van der Waals surface area contributed by atoms with Gasteiger partial charge in [0.2, 0.25) is 5.96 Å². The zero-order valence-electron chi connectivity index (χ0n) is 13.4. The fraction of sp³-hybridized carbons (Fsp3) is 0.125. The Hall–Kier alpha value is -3.12. The number of rotatable bonds is 1. The number of pyridine rings is 1. The highest BCUT2D eigenvalue weighted by atomic mass is 127. The summed E-state index contributed by atoms with van der Waals surface area (Å²) in [6, 6.07) is 4.29. The van der Waals surface area contributed by atoms with Gasteiger partial charge in [0.05, 0.1) is 5.69 Å². The summed E-state index contributed by atoms with van der Waals surface area (Å²) >= 11 is 2.03. The smallest absolute Gasteiger partial charge is 0.211 e. The Morgan fingerprint density at radius 3 is 2.69 bits per heavy atom. The molecule has 1 aliphatic heterocycles. The molecule has 1 unspecified atom stereocenters. The summed E-state index contributed by atoms with van der Waals surface area (Å²) in [5.41, 5.74) is 13.5. The van der Waals surface area contributed by atoms with Gasteiger partial charge in [-0.1, -0.05) is 0 Å². The molecule has 0 saturated heterocycles. The molecule has 26 heavy (non-hydrogen) atoms. The van der Waals surface area contributed by atoms with Gasteiger partial charge in [-0.15, -0.1) is 0 Å². The van der Waals surface area contributed by atoms with Gasteiger partial charge in [-0.25, -0.2) is 14.4 Å². The number of hydrogen-bond donors (Lipinski definition) is 4. The number of nitrogen functional groups attached to an aromatic ring is 2. The third-order valence-corrected chi connectivity index (χ3v) is 5.10. The van der Waals surface area contributed by atoms with Crippen molar-refractivity contribution < 1.29 is 4.39 Å². The van der Waals surface area contributed by atoms with Crippen LogP contribution in [-0.2, 0) is 0 Å². The van der Waals surface area contributed by atoms with Crippen molar-refractivity contribution in [3.63, 3.8) is 0 Å². The Morgan fingerprint density at radius 2 is 2.08 bits per heavy atom. The van der Waals surface area contributed by atoms with Crippen LogP contribution in [-0.4, -0.2) is 10.9 Å². The van der Waals surface area contributed by atoms with Crippen molar-refractivity contribution in [2.75, 3.05) is 16.8 Å². The fourth-order valence-electron chi connectivity index (χ4n) is 2.64. The monoisotopic (exact) mass is 462 g/mol. The molecule has 0 saturated carbocycles. The van der Waals surface area contributed by atoms with Gasteiger partial charge in [0.15, 0.2) is 6.19 Å². The Balaban J connectivity index is 2.28. The molecule has 0 spiro atoms. The van der Waals surface area contributed by atoms with Crippen LogP contribution in [0.2, 0.25) is 0 Å². The van der Waals surface area contributed by atoms with Crippen LogP contribution in [0.4, 0.5) is 21.7 Å². The maximum absolute atomic E-state index is 14.3. The number of benzene rings is 1. The van der Waals surface area contributed by atoms with Gasteiger partial charge in [0.25, 0.3) is 0 Å². The van der Waals surface area contributed by atoms with E-state index in [1.165, 1.54) is 6.07 Å². The standard InChI is InChI=1S/C16H12FIN8/c1-6-9(17)2-7(3-10(6)18)13-11-12(21)8(4-19)14(22)25-15(11)26-16(24-13)23-5-20/h2-3,13H,1H3,(H6,21,22,23,24,25,26). The number of nitriles is 2. The summed E-state index contributed by atoms with van der Waals surface area (Å²) in [6.07, 6.45) is 1.76. The van der Waals surface area contributed by atoms with Crippen LogP contribution < -0.4 is 22.1 Å². The second-order valence-corrected chi connectivity index (χ2v) is 6.67. The molecule has 6 N–H and O–H groups in total. The summed E-state index contributed by atoms with van der Waals surface area (Å²) < 4.78 is 15.0. The number of fused-ring (bicyclic) bond motifs is 1. The van der Waals surface area contributed by atoms with Crippen LogP contribution >= 0.6 is 22.6 Å². The van der Waals surface area contributed by atoms with Crippen LogP contribution in [0.1, 0.15) is 28.3 Å². The maximum Gasteiger partial charge on any atom is 0.211 e.